The predicted molar refractivity (Wildman–Crippen MR) is 77.4 cm³/mol. The van der Waals surface area contributed by atoms with Crippen LogP contribution >= 0.6 is 0 Å². The number of carboxylic acid groups (broad SMARTS) is 1. The fourth-order valence-electron chi connectivity index (χ4n) is 1.35. The molecule has 20 heavy (non-hydrogen) atoms. The first-order chi connectivity index (χ1) is 9.54. The second-order valence-corrected chi connectivity index (χ2v) is 4.14. The number of anilines is 1. The van der Waals surface area contributed by atoms with Crippen LogP contribution in [0.2, 0.25) is 0 Å². The van der Waals surface area contributed by atoms with Crippen molar-refractivity contribution in [2.75, 3.05) is 19.0 Å². The van der Waals surface area contributed by atoms with E-state index in [1.807, 2.05) is 43.3 Å². The molecule has 5 heteroatoms. The zero-order valence-corrected chi connectivity index (χ0v) is 11.4. The molecule has 2 rings (SSSR count). The molecule has 0 spiro atoms. The number of pyridine rings is 1. The van der Waals surface area contributed by atoms with Crippen LogP contribution in [-0.4, -0.2) is 36.4 Å². The van der Waals surface area contributed by atoms with Gasteiger partial charge in [-0.2, -0.15) is 0 Å². The van der Waals surface area contributed by atoms with E-state index < -0.39 is 5.97 Å². The molecule has 2 aromatic rings. The molecule has 0 amide bonds. The number of carbonyl (C=O) groups excluding carboxylic acids is 1. The highest BCUT2D eigenvalue weighted by Gasteiger charge is 1.97. The maximum Gasteiger partial charge on any atom is 0.335 e. The van der Waals surface area contributed by atoms with Crippen LogP contribution in [0.3, 0.4) is 0 Å². The molecule has 0 aliphatic rings. The Hall–Kier alpha value is -2.69. The number of nitrogens with zero attached hydrogens (tertiary/aromatic N) is 2. The summed E-state index contributed by atoms with van der Waals surface area (Å²) in [5, 5.41) is 8.36. The average molecular weight is 272 g/mol. The van der Waals surface area contributed by atoms with Crippen LogP contribution in [0.15, 0.2) is 48.8 Å². The number of carboxylic acids is 1. The molecule has 0 unspecified atom stereocenters. The van der Waals surface area contributed by atoms with Crippen molar-refractivity contribution in [1.29, 1.82) is 0 Å². The highest BCUT2D eigenvalue weighted by Crippen LogP contribution is 2.10. The van der Waals surface area contributed by atoms with Gasteiger partial charge in [0, 0.05) is 37.7 Å². The van der Waals surface area contributed by atoms with E-state index in [2.05, 4.69) is 4.98 Å². The molecule has 0 saturated carbocycles. The summed E-state index contributed by atoms with van der Waals surface area (Å²) in [5.41, 5.74) is 2.09. The van der Waals surface area contributed by atoms with Crippen molar-refractivity contribution in [1.82, 2.24) is 4.98 Å². The highest BCUT2D eigenvalue weighted by molar-refractivity contribution is 5.87. The Balaban J connectivity index is 0.000000204. The molecule has 0 radical (unpaired) electrons. The van der Waals surface area contributed by atoms with Gasteiger partial charge in [-0.05, 0) is 36.4 Å². The van der Waals surface area contributed by atoms with Crippen molar-refractivity contribution in [3.8, 4) is 0 Å². The van der Waals surface area contributed by atoms with Crippen molar-refractivity contribution in [2.24, 2.45) is 0 Å². The fraction of sp³-hybridized carbons (Fsp3) is 0.133. The van der Waals surface area contributed by atoms with Gasteiger partial charge in [-0.1, -0.05) is 0 Å². The molecule has 1 aromatic heterocycles. The van der Waals surface area contributed by atoms with E-state index in [1.54, 1.807) is 0 Å². The van der Waals surface area contributed by atoms with E-state index >= 15 is 0 Å². The summed E-state index contributed by atoms with van der Waals surface area (Å²) >= 11 is 0. The molecule has 0 bridgehead atoms. The zero-order valence-electron chi connectivity index (χ0n) is 11.4. The third kappa shape index (κ3) is 4.89. The molecule has 1 heterocycles. The summed E-state index contributed by atoms with van der Waals surface area (Å²) in [6.07, 6.45) is 3.74. The van der Waals surface area contributed by atoms with Gasteiger partial charge in [0.05, 0.1) is 5.56 Å². The maximum atomic E-state index is 10.3. The lowest BCUT2D eigenvalue weighted by Crippen LogP contribution is -2.08. The van der Waals surface area contributed by atoms with Crippen molar-refractivity contribution in [2.45, 2.75) is 0 Å². The van der Waals surface area contributed by atoms with Crippen LogP contribution in [0.1, 0.15) is 20.7 Å². The van der Waals surface area contributed by atoms with Crippen LogP contribution in [0.25, 0.3) is 0 Å². The highest BCUT2D eigenvalue weighted by atomic mass is 16.4. The smallest absolute Gasteiger partial charge is 0.335 e. The molecule has 5 nitrogen and oxygen atoms in total. The number of hydrogen-bond acceptors (Lipinski definition) is 4. The largest absolute Gasteiger partial charge is 0.478 e. The number of benzene rings is 1. The van der Waals surface area contributed by atoms with Gasteiger partial charge in [-0.15, -0.1) is 0 Å². The van der Waals surface area contributed by atoms with Crippen LogP contribution in [-0.2, 0) is 0 Å². The normalized spacial score (nSPS) is 9.10. The van der Waals surface area contributed by atoms with E-state index in [0.29, 0.717) is 0 Å². The number of hydrogen-bond donors (Lipinski definition) is 1. The SMILES string of the molecule is CN(C)c1ccc(C=O)cc1.O=C(O)c1ccncc1. The standard InChI is InChI=1S/C9H11NO.C6H5NO2/c1-10(2)9-5-3-8(7-11)4-6-9;8-6(9)5-1-3-7-4-2-5/h3-7H,1-2H3;1-4H,(H,8,9). The summed E-state index contributed by atoms with van der Waals surface area (Å²) in [7, 11) is 3.94. The second kappa shape index (κ2) is 7.68. The van der Waals surface area contributed by atoms with Gasteiger partial charge in [0.2, 0.25) is 0 Å². The molecule has 0 atom stereocenters. The minimum atomic E-state index is -0.919. The topological polar surface area (TPSA) is 70.5 Å². The van der Waals surface area contributed by atoms with Crippen LogP contribution in [0, 0.1) is 0 Å². The second-order valence-electron chi connectivity index (χ2n) is 4.14. The molecular weight excluding hydrogens is 256 g/mol. The Morgan fingerprint density at radius 1 is 1.10 bits per heavy atom. The third-order valence-corrected chi connectivity index (χ3v) is 2.47. The van der Waals surface area contributed by atoms with E-state index in [0.717, 1.165) is 17.5 Å². The van der Waals surface area contributed by atoms with Crippen molar-refractivity contribution in [3.63, 3.8) is 0 Å². The Labute approximate surface area is 117 Å². The molecular formula is C15H16N2O3. The number of aldehydes is 1. The fourth-order valence-corrected chi connectivity index (χ4v) is 1.35. The summed E-state index contributed by atoms with van der Waals surface area (Å²) in [6, 6.07) is 10.4. The zero-order chi connectivity index (χ0) is 15.0. The molecule has 0 saturated heterocycles. The predicted octanol–water partition coefficient (Wildman–Crippen LogP) is 2.34. The van der Waals surface area contributed by atoms with Gasteiger partial charge in [-0.25, -0.2) is 4.79 Å². The van der Waals surface area contributed by atoms with Crippen LogP contribution in [0.4, 0.5) is 5.69 Å². The molecule has 104 valence electrons. The first-order valence-corrected chi connectivity index (χ1v) is 5.90. The van der Waals surface area contributed by atoms with E-state index in [1.165, 1.54) is 24.5 Å². The quantitative estimate of drug-likeness (QED) is 0.868. The minimum Gasteiger partial charge on any atom is -0.478 e. The van der Waals surface area contributed by atoms with E-state index in [9.17, 15) is 9.59 Å². The summed E-state index contributed by atoms with van der Waals surface area (Å²) < 4.78 is 0. The maximum absolute atomic E-state index is 10.3. The Morgan fingerprint density at radius 3 is 2.00 bits per heavy atom. The number of rotatable bonds is 3. The van der Waals surface area contributed by atoms with Gasteiger partial charge in [0.15, 0.2) is 0 Å². The molecule has 0 fully saturated rings. The molecule has 0 aliphatic carbocycles. The van der Waals surface area contributed by atoms with Crippen LogP contribution < -0.4 is 4.90 Å². The lowest BCUT2D eigenvalue weighted by molar-refractivity contribution is 0.0696. The van der Waals surface area contributed by atoms with Crippen LogP contribution in [0.5, 0.6) is 0 Å². The van der Waals surface area contributed by atoms with Gasteiger partial charge in [0.25, 0.3) is 0 Å². The Morgan fingerprint density at radius 2 is 1.65 bits per heavy atom. The average Bonchev–Trinajstić information content (AvgIpc) is 2.49. The van der Waals surface area contributed by atoms with Gasteiger partial charge in [0.1, 0.15) is 6.29 Å². The lowest BCUT2D eigenvalue weighted by Gasteiger charge is -2.11. The van der Waals surface area contributed by atoms with Gasteiger partial charge < -0.3 is 10.0 Å². The van der Waals surface area contributed by atoms with E-state index in [4.69, 9.17) is 5.11 Å². The molecule has 0 aliphatic heterocycles. The first kappa shape index (κ1) is 15.4. The van der Waals surface area contributed by atoms with Gasteiger partial charge >= 0.3 is 5.97 Å². The third-order valence-electron chi connectivity index (χ3n) is 2.47. The van der Waals surface area contributed by atoms with Gasteiger partial charge in [-0.3, -0.25) is 9.78 Å². The Bertz CT molecular complexity index is 551. The van der Waals surface area contributed by atoms with Crippen molar-refractivity contribution in [3.05, 3.63) is 59.9 Å². The summed E-state index contributed by atoms with van der Waals surface area (Å²) in [6.45, 7) is 0. The number of aromatic nitrogens is 1. The monoisotopic (exact) mass is 272 g/mol. The lowest BCUT2D eigenvalue weighted by atomic mass is 10.2. The van der Waals surface area contributed by atoms with E-state index in [-0.39, 0.29) is 5.56 Å². The molecule has 1 N–H and O–H groups in total. The van der Waals surface area contributed by atoms with Crippen molar-refractivity contribution < 1.29 is 14.7 Å². The summed E-state index contributed by atoms with van der Waals surface area (Å²) in [4.78, 5) is 26.1. The molecule has 1 aromatic carbocycles. The number of aromatic carboxylic acids is 1. The first-order valence-electron chi connectivity index (χ1n) is 5.90. The Kier molecular flexibility index (Phi) is 5.90. The summed E-state index contributed by atoms with van der Waals surface area (Å²) in [5.74, 6) is -0.919. The minimum absolute atomic E-state index is 0.269. The van der Waals surface area contributed by atoms with Crippen molar-refractivity contribution >= 4 is 17.9 Å². The number of carbonyl (C=O) groups is 2.